The van der Waals surface area contributed by atoms with Crippen LogP contribution in [0.5, 0.6) is 0 Å². The van der Waals surface area contributed by atoms with Gasteiger partial charge in [-0.25, -0.2) is 4.79 Å². The fraction of sp³-hybridized carbons (Fsp3) is 0.389. The Hall–Kier alpha value is -2.84. The van der Waals surface area contributed by atoms with Gasteiger partial charge < -0.3 is 15.0 Å². The zero-order chi connectivity index (χ0) is 20.2. The standard InChI is InChI=1S/C18H19F3N2O4/c1-3-14(24)22-12-8-6-11(7-9-12)16(25)23-10-4-5-13(18(19,20)21)15(23)17(26)27-2/h3,6-9,13,15H,1,4-5,10H2,2H3,(H,22,24)/t13-,15+/m1/s1. The summed E-state index contributed by atoms with van der Waals surface area (Å²) in [5.74, 6) is -4.22. The van der Waals surface area contributed by atoms with E-state index in [4.69, 9.17) is 0 Å². The van der Waals surface area contributed by atoms with Crippen molar-refractivity contribution < 1.29 is 32.3 Å². The van der Waals surface area contributed by atoms with Gasteiger partial charge in [-0.1, -0.05) is 6.58 Å². The van der Waals surface area contributed by atoms with Crippen LogP contribution < -0.4 is 5.32 Å². The molecule has 0 aliphatic carbocycles. The van der Waals surface area contributed by atoms with Gasteiger partial charge in [0.2, 0.25) is 5.91 Å². The number of carbonyl (C=O) groups excluding carboxylic acids is 3. The van der Waals surface area contributed by atoms with Crippen molar-refractivity contribution >= 4 is 23.5 Å². The number of carbonyl (C=O) groups is 3. The van der Waals surface area contributed by atoms with E-state index in [-0.39, 0.29) is 24.9 Å². The lowest BCUT2D eigenvalue weighted by molar-refractivity contribution is -0.205. The molecule has 146 valence electrons. The Labute approximate surface area is 154 Å². The number of anilines is 1. The number of hydrogen-bond donors (Lipinski definition) is 1. The number of amides is 2. The first-order chi connectivity index (χ1) is 12.7. The molecule has 27 heavy (non-hydrogen) atoms. The summed E-state index contributed by atoms with van der Waals surface area (Å²) < 4.78 is 44.5. The van der Waals surface area contributed by atoms with Crippen LogP contribution in [0.3, 0.4) is 0 Å². The number of halogens is 3. The Balaban J connectivity index is 2.27. The van der Waals surface area contributed by atoms with Gasteiger partial charge in [0.15, 0.2) is 0 Å². The normalized spacial score (nSPS) is 19.9. The van der Waals surface area contributed by atoms with Gasteiger partial charge in [-0.15, -0.1) is 0 Å². The third-order valence-electron chi connectivity index (χ3n) is 4.34. The van der Waals surface area contributed by atoms with Crippen molar-refractivity contribution in [1.29, 1.82) is 0 Å². The first kappa shape index (κ1) is 20.5. The third-order valence-corrected chi connectivity index (χ3v) is 4.34. The van der Waals surface area contributed by atoms with E-state index < -0.39 is 35.9 Å². The summed E-state index contributed by atoms with van der Waals surface area (Å²) in [7, 11) is 0.990. The summed E-state index contributed by atoms with van der Waals surface area (Å²) >= 11 is 0. The zero-order valence-corrected chi connectivity index (χ0v) is 14.6. The van der Waals surface area contributed by atoms with Gasteiger partial charge >= 0.3 is 12.1 Å². The Morgan fingerprint density at radius 2 is 1.89 bits per heavy atom. The maximum absolute atomic E-state index is 13.3. The number of piperidine rings is 1. The summed E-state index contributed by atoms with van der Waals surface area (Å²) in [5, 5.41) is 2.50. The molecule has 2 atom stereocenters. The maximum Gasteiger partial charge on any atom is 0.394 e. The minimum absolute atomic E-state index is 0.0140. The Morgan fingerprint density at radius 1 is 1.26 bits per heavy atom. The van der Waals surface area contributed by atoms with Crippen molar-refractivity contribution in [1.82, 2.24) is 4.90 Å². The maximum atomic E-state index is 13.3. The van der Waals surface area contributed by atoms with Crippen LogP contribution in [-0.4, -0.2) is 48.6 Å². The van der Waals surface area contributed by atoms with E-state index in [9.17, 15) is 27.6 Å². The SMILES string of the molecule is C=CC(=O)Nc1ccc(C(=O)N2CCC[C@@H](C(F)(F)F)[C@H]2C(=O)OC)cc1. The first-order valence-corrected chi connectivity index (χ1v) is 8.18. The van der Waals surface area contributed by atoms with Crippen LogP contribution in [0.2, 0.25) is 0 Å². The highest BCUT2D eigenvalue weighted by molar-refractivity contribution is 6.00. The smallest absolute Gasteiger partial charge is 0.394 e. The number of hydrogen-bond acceptors (Lipinski definition) is 4. The molecule has 2 rings (SSSR count). The van der Waals surface area contributed by atoms with Crippen molar-refractivity contribution in [3.63, 3.8) is 0 Å². The van der Waals surface area contributed by atoms with E-state index >= 15 is 0 Å². The minimum atomic E-state index is -4.63. The molecule has 1 aliphatic heterocycles. The molecule has 1 N–H and O–H groups in total. The Bertz CT molecular complexity index is 731. The molecule has 1 aromatic carbocycles. The van der Waals surface area contributed by atoms with Crippen LogP contribution in [0, 0.1) is 5.92 Å². The quantitative estimate of drug-likeness (QED) is 0.640. The van der Waals surface area contributed by atoms with Crippen LogP contribution in [0.25, 0.3) is 0 Å². The Morgan fingerprint density at radius 3 is 2.41 bits per heavy atom. The average molecular weight is 384 g/mol. The fourth-order valence-corrected chi connectivity index (χ4v) is 3.03. The van der Waals surface area contributed by atoms with E-state index in [0.717, 1.165) is 18.1 Å². The molecule has 6 nitrogen and oxygen atoms in total. The van der Waals surface area contributed by atoms with E-state index in [2.05, 4.69) is 16.6 Å². The van der Waals surface area contributed by atoms with Crippen molar-refractivity contribution in [2.24, 2.45) is 5.92 Å². The number of ether oxygens (including phenoxy) is 1. The molecule has 9 heteroatoms. The number of alkyl halides is 3. The lowest BCUT2D eigenvalue weighted by atomic mass is 9.88. The number of benzene rings is 1. The predicted molar refractivity (Wildman–Crippen MR) is 90.9 cm³/mol. The van der Waals surface area contributed by atoms with E-state index in [1.54, 1.807) is 0 Å². The van der Waals surface area contributed by atoms with Crippen LogP contribution in [0.4, 0.5) is 18.9 Å². The number of nitrogens with one attached hydrogen (secondary N) is 1. The second-order valence-corrected chi connectivity index (χ2v) is 6.03. The summed E-state index contributed by atoms with van der Waals surface area (Å²) in [6, 6.07) is 3.88. The predicted octanol–water partition coefficient (Wildman–Crippen LogP) is 2.77. The number of nitrogens with zero attached hydrogens (tertiary/aromatic N) is 1. The number of esters is 1. The van der Waals surface area contributed by atoms with Gasteiger partial charge in [-0.05, 0) is 43.2 Å². The van der Waals surface area contributed by atoms with Crippen molar-refractivity contribution in [3.8, 4) is 0 Å². The van der Waals surface area contributed by atoms with Crippen molar-refractivity contribution in [2.45, 2.75) is 25.1 Å². The van der Waals surface area contributed by atoms with Gasteiger partial charge in [0.1, 0.15) is 6.04 Å². The van der Waals surface area contributed by atoms with Crippen molar-refractivity contribution in [2.75, 3.05) is 19.0 Å². The molecule has 1 aliphatic rings. The third kappa shape index (κ3) is 4.66. The summed E-state index contributed by atoms with van der Waals surface area (Å²) in [6.45, 7) is 3.33. The minimum Gasteiger partial charge on any atom is -0.467 e. The molecule has 0 aromatic heterocycles. The van der Waals surface area contributed by atoms with Crippen LogP contribution in [0.1, 0.15) is 23.2 Å². The monoisotopic (exact) mass is 384 g/mol. The lowest BCUT2D eigenvalue weighted by Crippen LogP contribution is -2.56. The Kier molecular flexibility index (Phi) is 6.24. The highest BCUT2D eigenvalue weighted by atomic mass is 19.4. The van der Waals surface area contributed by atoms with Crippen LogP contribution in [-0.2, 0) is 14.3 Å². The molecule has 0 spiro atoms. The molecular formula is C18H19F3N2O4. The molecule has 1 aromatic rings. The molecule has 0 unspecified atom stereocenters. The number of methoxy groups -OCH3 is 1. The largest absolute Gasteiger partial charge is 0.467 e. The fourth-order valence-electron chi connectivity index (χ4n) is 3.03. The molecular weight excluding hydrogens is 365 g/mol. The second-order valence-electron chi connectivity index (χ2n) is 6.03. The first-order valence-electron chi connectivity index (χ1n) is 8.18. The highest BCUT2D eigenvalue weighted by Crippen LogP contribution is 2.38. The van der Waals surface area contributed by atoms with Crippen LogP contribution >= 0.6 is 0 Å². The van der Waals surface area contributed by atoms with E-state index in [0.29, 0.717) is 5.69 Å². The molecule has 0 saturated carbocycles. The number of likely N-dealkylation sites (tertiary alicyclic amines) is 1. The molecule has 0 radical (unpaired) electrons. The van der Waals surface area contributed by atoms with E-state index in [1.807, 2.05) is 0 Å². The topological polar surface area (TPSA) is 75.7 Å². The molecule has 1 fully saturated rings. The van der Waals surface area contributed by atoms with Gasteiger partial charge in [0, 0.05) is 17.8 Å². The molecule has 1 saturated heterocycles. The zero-order valence-electron chi connectivity index (χ0n) is 14.6. The highest BCUT2D eigenvalue weighted by Gasteiger charge is 2.52. The van der Waals surface area contributed by atoms with E-state index in [1.165, 1.54) is 24.3 Å². The average Bonchev–Trinajstić information content (AvgIpc) is 2.66. The van der Waals surface area contributed by atoms with Gasteiger partial charge in [0.25, 0.3) is 5.91 Å². The van der Waals surface area contributed by atoms with Crippen LogP contribution in [0.15, 0.2) is 36.9 Å². The summed E-state index contributed by atoms with van der Waals surface area (Å²) in [6.07, 6.45) is -3.68. The van der Waals surface area contributed by atoms with Gasteiger partial charge in [-0.3, -0.25) is 9.59 Å². The van der Waals surface area contributed by atoms with Gasteiger partial charge in [-0.2, -0.15) is 13.2 Å². The van der Waals surface area contributed by atoms with Crippen molar-refractivity contribution in [3.05, 3.63) is 42.5 Å². The molecule has 0 bridgehead atoms. The molecule has 1 heterocycles. The summed E-state index contributed by atoms with van der Waals surface area (Å²) in [5.41, 5.74) is 0.496. The second kappa shape index (κ2) is 8.24. The van der Waals surface area contributed by atoms with Gasteiger partial charge in [0.05, 0.1) is 13.0 Å². The summed E-state index contributed by atoms with van der Waals surface area (Å²) in [4.78, 5) is 36.9. The molecule has 2 amide bonds. The number of rotatable bonds is 4. The lowest BCUT2D eigenvalue weighted by Gasteiger charge is -2.40.